The molecule has 2 aromatic rings. The Morgan fingerprint density at radius 2 is 1.87 bits per heavy atom. The fraction of sp³-hybridized carbons (Fsp3) is 0.176. The van der Waals surface area contributed by atoms with Crippen LogP contribution in [0, 0.1) is 0 Å². The number of rotatable bonds is 2. The van der Waals surface area contributed by atoms with Crippen LogP contribution in [0.5, 0.6) is 5.75 Å². The lowest BCUT2D eigenvalue weighted by Crippen LogP contribution is -2.40. The normalized spacial score (nSPS) is 12.8. The molecule has 0 spiro atoms. The number of amides is 2. The van der Waals surface area contributed by atoms with Gasteiger partial charge in [0.05, 0.1) is 30.6 Å². The first-order valence-corrected chi connectivity index (χ1v) is 7.18. The molecule has 0 aliphatic carbocycles. The first-order valence-electron chi connectivity index (χ1n) is 7.18. The van der Waals surface area contributed by atoms with Crippen molar-refractivity contribution in [2.45, 2.75) is 0 Å². The van der Waals surface area contributed by atoms with E-state index in [1.807, 2.05) is 24.3 Å². The number of esters is 1. The number of anilines is 2. The van der Waals surface area contributed by atoms with Gasteiger partial charge in [-0.25, -0.2) is 9.59 Å². The predicted octanol–water partition coefficient (Wildman–Crippen LogP) is 2.90. The maximum Gasteiger partial charge on any atom is 0.339 e. The highest BCUT2D eigenvalue weighted by molar-refractivity contribution is 6.06. The lowest BCUT2D eigenvalue weighted by atomic mass is 10.2. The van der Waals surface area contributed by atoms with Gasteiger partial charge in [0.25, 0.3) is 0 Å². The standard InChI is InChI=1S/C17H16N2O4/c1-22-16(20)12-6-2-3-7-13(12)18-17(21)19-10-11-23-15-9-5-4-8-14(15)19/h2-9H,10-11H2,1H3,(H,18,21). The zero-order valence-electron chi connectivity index (χ0n) is 12.6. The van der Waals surface area contributed by atoms with Crippen molar-refractivity contribution in [2.24, 2.45) is 0 Å². The van der Waals surface area contributed by atoms with Gasteiger partial charge < -0.3 is 14.8 Å². The maximum atomic E-state index is 12.6. The number of benzene rings is 2. The van der Waals surface area contributed by atoms with Gasteiger partial charge in [0.2, 0.25) is 0 Å². The molecule has 1 aliphatic rings. The van der Waals surface area contributed by atoms with Crippen molar-refractivity contribution in [1.29, 1.82) is 0 Å². The third-order valence-electron chi connectivity index (χ3n) is 3.55. The van der Waals surface area contributed by atoms with Gasteiger partial charge in [-0.05, 0) is 24.3 Å². The van der Waals surface area contributed by atoms with Crippen LogP contribution in [0.1, 0.15) is 10.4 Å². The quantitative estimate of drug-likeness (QED) is 0.866. The molecule has 0 unspecified atom stereocenters. The van der Waals surface area contributed by atoms with Crippen LogP contribution < -0.4 is 15.0 Å². The Morgan fingerprint density at radius 3 is 2.70 bits per heavy atom. The highest BCUT2D eigenvalue weighted by Crippen LogP contribution is 2.31. The second-order valence-corrected chi connectivity index (χ2v) is 4.94. The number of para-hydroxylation sites is 3. The molecule has 6 nitrogen and oxygen atoms in total. The Kier molecular flexibility index (Phi) is 4.14. The summed E-state index contributed by atoms with van der Waals surface area (Å²) < 4.78 is 10.3. The van der Waals surface area contributed by atoms with E-state index in [1.165, 1.54) is 7.11 Å². The Balaban J connectivity index is 1.85. The number of fused-ring (bicyclic) bond motifs is 1. The van der Waals surface area contributed by atoms with Gasteiger partial charge >= 0.3 is 12.0 Å². The molecule has 6 heteroatoms. The number of hydrogen-bond donors (Lipinski definition) is 1. The number of hydrogen-bond acceptors (Lipinski definition) is 4. The van der Waals surface area contributed by atoms with Crippen molar-refractivity contribution >= 4 is 23.4 Å². The van der Waals surface area contributed by atoms with Gasteiger partial charge in [0.15, 0.2) is 0 Å². The molecule has 0 radical (unpaired) electrons. The molecule has 2 aromatic carbocycles. The fourth-order valence-electron chi connectivity index (χ4n) is 2.44. The summed E-state index contributed by atoms with van der Waals surface area (Å²) in [5.41, 5.74) is 1.42. The summed E-state index contributed by atoms with van der Waals surface area (Å²) in [6, 6.07) is 13.7. The molecule has 3 rings (SSSR count). The van der Waals surface area contributed by atoms with E-state index in [1.54, 1.807) is 29.2 Å². The smallest absolute Gasteiger partial charge is 0.339 e. The van der Waals surface area contributed by atoms with Crippen molar-refractivity contribution in [3.8, 4) is 5.75 Å². The number of urea groups is 1. The van der Waals surface area contributed by atoms with E-state index in [0.717, 1.165) is 0 Å². The van der Waals surface area contributed by atoms with E-state index in [-0.39, 0.29) is 6.03 Å². The second-order valence-electron chi connectivity index (χ2n) is 4.94. The zero-order chi connectivity index (χ0) is 16.2. The monoisotopic (exact) mass is 312 g/mol. The van der Waals surface area contributed by atoms with Gasteiger partial charge in [0.1, 0.15) is 12.4 Å². The molecule has 0 aromatic heterocycles. The molecule has 0 atom stereocenters. The number of nitrogens with zero attached hydrogens (tertiary/aromatic N) is 1. The van der Waals surface area contributed by atoms with Gasteiger partial charge in [-0.2, -0.15) is 0 Å². The molecule has 0 bridgehead atoms. The molecule has 0 fully saturated rings. The van der Waals surface area contributed by atoms with Gasteiger partial charge in [0, 0.05) is 0 Å². The van der Waals surface area contributed by atoms with Crippen molar-refractivity contribution in [1.82, 2.24) is 0 Å². The lowest BCUT2D eigenvalue weighted by Gasteiger charge is -2.29. The minimum absolute atomic E-state index is 0.310. The fourth-order valence-corrected chi connectivity index (χ4v) is 2.44. The zero-order valence-corrected chi connectivity index (χ0v) is 12.6. The Bertz CT molecular complexity index is 745. The van der Waals surface area contributed by atoms with Crippen molar-refractivity contribution in [3.63, 3.8) is 0 Å². The third kappa shape index (κ3) is 2.96. The van der Waals surface area contributed by atoms with Gasteiger partial charge in [-0.3, -0.25) is 4.90 Å². The van der Waals surface area contributed by atoms with Gasteiger partial charge in [-0.15, -0.1) is 0 Å². The summed E-state index contributed by atoms with van der Waals surface area (Å²) in [6.07, 6.45) is 0. The molecule has 1 heterocycles. The maximum absolute atomic E-state index is 12.6. The van der Waals surface area contributed by atoms with E-state index in [2.05, 4.69) is 5.32 Å². The lowest BCUT2D eigenvalue weighted by molar-refractivity contribution is 0.0602. The molecular formula is C17H16N2O4. The molecule has 2 amide bonds. The van der Waals surface area contributed by atoms with E-state index in [9.17, 15) is 9.59 Å². The number of carbonyl (C=O) groups is 2. The van der Waals surface area contributed by atoms with Crippen LogP contribution in [-0.2, 0) is 4.74 Å². The van der Waals surface area contributed by atoms with Crippen LogP contribution in [-0.4, -0.2) is 32.3 Å². The molecule has 0 saturated carbocycles. The minimum Gasteiger partial charge on any atom is -0.490 e. The molecule has 118 valence electrons. The first-order chi connectivity index (χ1) is 11.2. The number of ether oxygens (including phenoxy) is 2. The summed E-state index contributed by atoms with van der Waals surface area (Å²) in [5.74, 6) is 0.165. The van der Waals surface area contributed by atoms with Crippen LogP contribution in [0.2, 0.25) is 0 Å². The van der Waals surface area contributed by atoms with Crippen LogP contribution >= 0.6 is 0 Å². The van der Waals surface area contributed by atoms with Gasteiger partial charge in [-0.1, -0.05) is 24.3 Å². The summed E-state index contributed by atoms with van der Waals surface area (Å²) in [5, 5.41) is 2.77. The first kappa shape index (κ1) is 14.9. The van der Waals surface area contributed by atoms with Crippen LogP contribution in [0.15, 0.2) is 48.5 Å². The molecular weight excluding hydrogens is 296 g/mol. The summed E-state index contributed by atoms with van der Waals surface area (Å²) in [4.78, 5) is 26.0. The number of carbonyl (C=O) groups excluding carboxylic acids is 2. The van der Waals surface area contributed by atoms with Crippen molar-refractivity contribution in [3.05, 3.63) is 54.1 Å². The van der Waals surface area contributed by atoms with E-state index < -0.39 is 5.97 Å². The van der Waals surface area contributed by atoms with Crippen LogP contribution in [0.3, 0.4) is 0 Å². The summed E-state index contributed by atoms with van der Waals surface area (Å²) >= 11 is 0. The van der Waals surface area contributed by atoms with Crippen molar-refractivity contribution < 1.29 is 19.1 Å². The molecule has 23 heavy (non-hydrogen) atoms. The van der Waals surface area contributed by atoms with Crippen LogP contribution in [0.25, 0.3) is 0 Å². The van der Waals surface area contributed by atoms with E-state index >= 15 is 0 Å². The largest absolute Gasteiger partial charge is 0.490 e. The SMILES string of the molecule is COC(=O)c1ccccc1NC(=O)N1CCOc2ccccc21. The predicted molar refractivity (Wildman–Crippen MR) is 86.1 cm³/mol. The molecule has 1 N–H and O–H groups in total. The average molecular weight is 312 g/mol. The minimum atomic E-state index is -0.497. The Hall–Kier alpha value is -3.02. The van der Waals surface area contributed by atoms with Crippen LogP contribution in [0.4, 0.5) is 16.2 Å². The third-order valence-corrected chi connectivity index (χ3v) is 3.55. The number of nitrogens with one attached hydrogen (secondary N) is 1. The molecule has 1 aliphatic heterocycles. The van der Waals surface area contributed by atoms with Crippen molar-refractivity contribution in [2.75, 3.05) is 30.5 Å². The Morgan fingerprint density at radius 1 is 1.13 bits per heavy atom. The van der Waals surface area contributed by atoms with E-state index in [0.29, 0.717) is 35.8 Å². The summed E-state index contributed by atoms with van der Waals surface area (Å²) in [6.45, 7) is 0.853. The topological polar surface area (TPSA) is 67.9 Å². The summed E-state index contributed by atoms with van der Waals surface area (Å²) in [7, 11) is 1.30. The average Bonchev–Trinajstić information content (AvgIpc) is 2.61. The Labute approximate surface area is 133 Å². The molecule has 0 saturated heterocycles. The highest BCUT2D eigenvalue weighted by Gasteiger charge is 2.24. The van der Waals surface area contributed by atoms with E-state index in [4.69, 9.17) is 9.47 Å². The number of methoxy groups -OCH3 is 1. The second kappa shape index (κ2) is 6.39. The highest BCUT2D eigenvalue weighted by atomic mass is 16.5.